The van der Waals surface area contributed by atoms with Gasteiger partial charge in [0.1, 0.15) is 5.82 Å². The highest BCUT2D eigenvalue weighted by Crippen LogP contribution is 2.21. The molecule has 2 heterocycles. The van der Waals surface area contributed by atoms with Gasteiger partial charge in [-0.3, -0.25) is 4.98 Å². The van der Waals surface area contributed by atoms with Gasteiger partial charge in [0.05, 0.1) is 5.69 Å². The molecule has 0 saturated carbocycles. The van der Waals surface area contributed by atoms with E-state index in [1.165, 1.54) is 0 Å². The summed E-state index contributed by atoms with van der Waals surface area (Å²) in [5, 5.41) is 0. The molecule has 14 heavy (non-hydrogen) atoms. The van der Waals surface area contributed by atoms with Crippen molar-refractivity contribution < 1.29 is 0 Å². The molecule has 0 fully saturated rings. The zero-order chi connectivity index (χ0) is 9.97. The van der Waals surface area contributed by atoms with E-state index in [-0.39, 0.29) is 0 Å². The van der Waals surface area contributed by atoms with E-state index in [2.05, 4.69) is 9.97 Å². The lowest BCUT2D eigenvalue weighted by atomic mass is 10.1. The summed E-state index contributed by atoms with van der Waals surface area (Å²) in [6.45, 7) is 1.92. The Bertz CT molecular complexity index is 438. The standard InChI is InChI=1S/C11H11N3/c1-8-5-6-9(11(12)14-8)10-4-2-3-7-13-10/h2-7H,1H3,(H2,12,14). The summed E-state index contributed by atoms with van der Waals surface area (Å²) in [4.78, 5) is 8.41. The Labute approximate surface area is 82.6 Å². The lowest BCUT2D eigenvalue weighted by molar-refractivity contribution is 1.20. The van der Waals surface area contributed by atoms with E-state index in [4.69, 9.17) is 5.73 Å². The summed E-state index contributed by atoms with van der Waals surface area (Å²) in [6.07, 6.45) is 1.74. The Hall–Kier alpha value is -1.90. The largest absolute Gasteiger partial charge is 0.383 e. The first kappa shape index (κ1) is 8.69. The minimum Gasteiger partial charge on any atom is -0.383 e. The average molecular weight is 185 g/mol. The highest BCUT2D eigenvalue weighted by molar-refractivity contribution is 5.70. The van der Waals surface area contributed by atoms with Crippen molar-refractivity contribution in [2.75, 3.05) is 5.73 Å². The fraction of sp³-hybridized carbons (Fsp3) is 0.0909. The van der Waals surface area contributed by atoms with Gasteiger partial charge in [-0.1, -0.05) is 6.07 Å². The summed E-state index contributed by atoms with van der Waals surface area (Å²) in [6, 6.07) is 9.60. The molecule has 0 aromatic carbocycles. The second-order valence-corrected chi connectivity index (χ2v) is 3.10. The van der Waals surface area contributed by atoms with Crippen LogP contribution in [-0.4, -0.2) is 9.97 Å². The van der Waals surface area contributed by atoms with E-state index in [0.717, 1.165) is 17.0 Å². The molecule has 0 aliphatic heterocycles. The molecule has 0 aliphatic rings. The fourth-order valence-electron chi connectivity index (χ4n) is 1.32. The van der Waals surface area contributed by atoms with E-state index >= 15 is 0 Å². The zero-order valence-electron chi connectivity index (χ0n) is 7.94. The van der Waals surface area contributed by atoms with Crippen LogP contribution in [0.25, 0.3) is 11.3 Å². The molecule has 3 heteroatoms. The Kier molecular flexibility index (Phi) is 2.14. The van der Waals surface area contributed by atoms with Crippen LogP contribution in [0, 0.1) is 6.92 Å². The minimum atomic E-state index is 0.531. The first-order valence-electron chi connectivity index (χ1n) is 4.42. The van der Waals surface area contributed by atoms with Crippen molar-refractivity contribution in [3.63, 3.8) is 0 Å². The van der Waals surface area contributed by atoms with Crippen LogP contribution >= 0.6 is 0 Å². The van der Waals surface area contributed by atoms with Gasteiger partial charge in [0, 0.05) is 17.5 Å². The molecule has 0 amide bonds. The first-order valence-corrected chi connectivity index (χ1v) is 4.42. The molecule has 2 aromatic heterocycles. The van der Waals surface area contributed by atoms with E-state index in [9.17, 15) is 0 Å². The molecular formula is C11H11N3. The number of hydrogen-bond acceptors (Lipinski definition) is 3. The number of pyridine rings is 2. The second-order valence-electron chi connectivity index (χ2n) is 3.10. The normalized spacial score (nSPS) is 10.1. The van der Waals surface area contributed by atoms with E-state index < -0.39 is 0 Å². The van der Waals surface area contributed by atoms with E-state index in [1.807, 2.05) is 37.3 Å². The Morgan fingerprint density at radius 3 is 2.64 bits per heavy atom. The molecule has 0 atom stereocenters. The van der Waals surface area contributed by atoms with Crippen LogP contribution in [0.5, 0.6) is 0 Å². The van der Waals surface area contributed by atoms with Gasteiger partial charge in [0.25, 0.3) is 0 Å². The maximum Gasteiger partial charge on any atom is 0.133 e. The van der Waals surface area contributed by atoms with Gasteiger partial charge in [-0.05, 0) is 31.2 Å². The topological polar surface area (TPSA) is 51.8 Å². The van der Waals surface area contributed by atoms with Gasteiger partial charge in [0.15, 0.2) is 0 Å². The zero-order valence-corrected chi connectivity index (χ0v) is 7.94. The predicted octanol–water partition coefficient (Wildman–Crippen LogP) is 2.03. The summed E-state index contributed by atoms with van der Waals surface area (Å²) in [5.74, 6) is 0.531. The number of aromatic nitrogens is 2. The van der Waals surface area contributed by atoms with Crippen molar-refractivity contribution in [2.24, 2.45) is 0 Å². The van der Waals surface area contributed by atoms with Gasteiger partial charge < -0.3 is 5.73 Å². The quantitative estimate of drug-likeness (QED) is 0.739. The van der Waals surface area contributed by atoms with Crippen LogP contribution in [0.2, 0.25) is 0 Å². The predicted molar refractivity (Wildman–Crippen MR) is 56.6 cm³/mol. The van der Waals surface area contributed by atoms with Crippen molar-refractivity contribution in [1.29, 1.82) is 0 Å². The van der Waals surface area contributed by atoms with Gasteiger partial charge in [-0.2, -0.15) is 0 Å². The molecular weight excluding hydrogens is 174 g/mol. The SMILES string of the molecule is Cc1ccc(-c2ccccn2)c(N)n1. The monoisotopic (exact) mass is 185 g/mol. The van der Waals surface area contributed by atoms with Crippen LogP contribution in [0.1, 0.15) is 5.69 Å². The van der Waals surface area contributed by atoms with Gasteiger partial charge in [-0.15, -0.1) is 0 Å². The lowest BCUT2D eigenvalue weighted by Gasteiger charge is -2.04. The molecule has 2 aromatic rings. The molecule has 0 radical (unpaired) electrons. The lowest BCUT2D eigenvalue weighted by Crippen LogP contribution is -1.96. The summed E-state index contributed by atoms with van der Waals surface area (Å²) >= 11 is 0. The number of nitrogens with two attached hydrogens (primary N) is 1. The third-order valence-corrected chi connectivity index (χ3v) is 2.00. The van der Waals surface area contributed by atoms with Crippen molar-refractivity contribution in [3.8, 4) is 11.3 Å². The average Bonchev–Trinajstić information content (AvgIpc) is 2.19. The Morgan fingerprint density at radius 1 is 1.14 bits per heavy atom. The van der Waals surface area contributed by atoms with Gasteiger partial charge in [-0.25, -0.2) is 4.98 Å². The third kappa shape index (κ3) is 1.57. The van der Waals surface area contributed by atoms with E-state index in [0.29, 0.717) is 5.82 Å². The van der Waals surface area contributed by atoms with Crippen LogP contribution in [-0.2, 0) is 0 Å². The van der Waals surface area contributed by atoms with Crippen molar-refractivity contribution in [2.45, 2.75) is 6.92 Å². The summed E-state index contributed by atoms with van der Waals surface area (Å²) in [5.41, 5.74) is 8.47. The highest BCUT2D eigenvalue weighted by Gasteiger charge is 2.03. The number of rotatable bonds is 1. The number of anilines is 1. The molecule has 3 nitrogen and oxygen atoms in total. The van der Waals surface area contributed by atoms with Crippen LogP contribution in [0.15, 0.2) is 36.5 Å². The Morgan fingerprint density at radius 2 is 2.00 bits per heavy atom. The van der Waals surface area contributed by atoms with Crippen molar-refractivity contribution >= 4 is 5.82 Å². The van der Waals surface area contributed by atoms with Gasteiger partial charge >= 0.3 is 0 Å². The maximum atomic E-state index is 5.80. The van der Waals surface area contributed by atoms with Crippen molar-refractivity contribution in [1.82, 2.24) is 9.97 Å². The molecule has 0 bridgehead atoms. The molecule has 0 unspecified atom stereocenters. The molecule has 70 valence electrons. The number of aryl methyl sites for hydroxylation is 1. The van der Waals surface area contributed by atoms with Crippen LogP contribution < -0.4 is 5.73 Å². The molecule has 0 aliphatic carbocycles. The number of nitrogens with zero attached hydrogens (tertiary/aromatic N) is 2. The highest BCUT2D eigenvalue weighted by atomic mass is 14.8. The number of nitrogen functional groups attached to an aromatic ring is 1. The van der Waals surface area contributed by atoms with Crippen molar-refractivity contribution in [3.05, 3.63) is 42.2 Å². The maximum absolute atomic E-state index is 5.80. The molecule has 0 spiro atoms. The van der Waals surface area contributed by atoms with Crippen LogP contribution in [0.4, 0.5) is 5.82 Å². The van der Waals surface area contributed by atoms with Crippen LogP contribution in [0.3, 0.4) is 0 Å². The smallest absolute Gasteiger partial charge is 0.133 e. The summed E-state index contributed by atoms with van der Waals surface area (Å²) in [7, 11) is 0. The first-order chi connectivity index (χ1) is 6.77. The van der Waals surface area contributed by atoms with E-state index in [1.54, 1.807) is 6.20 Å². The number of hydrogen-bond donors (Lipinski definition) is 1. The van der Waals surface area contributed by atoms with Gasteiger partial charge in [0.2, 0.25) is 0 Å². The summed E-state index contributed by atoms with van der Waals surface area (Å²) < 4.78 is 0. The minimum absolute atomic E-state index is 0.531. The second kappa shape index (κ2) is 3.46. The third-order valence-electron chi connectivity index (χ3n) is 2.00. The Balaban J connectivity index is 2.53. The molecule has 0 saturated heterocycles. The molecule has 2 N–H and O–H groups in total. The fourth-order valence-corrected chi connectivity index (χ4v) is 1.32. The molecule has 2 rings (SSSR count).